The molecule has 0 saturated heterocycles. The minimum atomic E-state index is -0.181. The van der Waals surface area contributed by atoms with Crippen molar-refractivity contribution in [3.63, 3.8) is 0 Å². The summed E-state index contributed by atoms with van der Waals surface area (Å²) in [5.74, 6) is -0.135. The summed E-state index contributed by atoms with van der Waals surface area (Å²) in [4.78, 5) is 26.5. The van der Waals surface area contributed by atoms with Crippen molar-refractivity contribution in [2.24, 2.45) is 0 Å². The van der Waals surface area contributed by atoms with Crippen molar-refractivity contribution in [2.45, 2.75) is 19.3 Å². The second-order valence-electron chi connectivity index (χ2n) is 6.95. The van der Waals surface area contributed by atoms with Gasteiger partial charge in [0, 0.05) is 6.54 Å². The van der Waals surface area contributed by atoms with Crippen molar-refractivity contribution in [3.05, 3.63) is 95.6 Å². The summed E-state index contributed by atoms with van der Waals surface area (Å²) < 4.78 is 0. The molecule has 0 aliphatic carbocycles. The zero-order valence-corrected chi connectivity index (χ0v) is 15.3. The van der Waals surface area contributed by atoms with Crippen LogP contribution in [0.1, 0.15) is 45.5 Å². The monoisotopic (exact) mass is 355 g/mol. The maximum Gasteiger partial charge on any atom is 0.261 e. The van der Waals surface area contributed by atoms with Gasteiger partial charge in [-0.3, -0.25) is 14.5 Å². The lowest BCUT2D eigenvalue weighted by atomic mass is 9.89. The predicted octanol–water partition coefficient (Wildman–Crippen LogP) is 5.14. The van der Waals surface area contributed by atoms with Gasteiger partial charge >= 0.3 is 0 Å². The molecule has 1 aliphatic heterocycles. The van der Waals surface area contributed by atoms with Gasteiger partial charge in [0.2, 0.25) is 0 Å². The van der Waals surface area contributed by atoms with E-state index in [1.54, 1.807) is 24.3 Å². The van der Waals surface area contributed by atoms with Crippen molar-refractivity contribution in [3.8, 4) is 11.1 Å². The molecular weight excluding hydrogens is 334 g/mol. The summed E-state index contributed by atoms with van der Waals surface area (Å²) in [6.45, 7) is 2.58. The van der Waals surface area contributed by atoms with Crippen molar-refractivity contribution < 1.29 is 9.59 Å². The molecule has 3 aromatic carbocycles. The maximum atomic E-state index is 12.5. The largest absolute Gasteiger partial charge is 0.274 e. The molecule has 3 aromatic rings. The number of amides is 2. The number of hydrogen-bond acceptors (Lipinski definition) is 2. The molecule has 3 heteroatoms. The highest BCUT2D eigenvalue weighted by molar-refractivity contribution is 6.21. The molecule has 0 radical (unpaired) electrons. The van der Waals surface area contributed by atoms with Crippen molar-refractivity contribution in [1.29, 1.82) is 0 Å². The van der Waals surface area contributed by atoms with E-state index in [2.05, 4.69) is 31.2 Å². The lowest BCUT2D eigenvalue weighted by molar-refractivity contribution is 0.0650. The van der Waals surface area contributed by atoms with Gasteiger partial charge < -0.3 is 0 Å². The first-order valence-electron chi connectivity index (χ1n) is 9.26. The first-order valence-corrected chi connectivity index (χ1v) is 9.26. The molecule has 1 atom stereocenters. The Kier molecular flexibility index (Phi) is 4.59. The summed E-state index contributed by atoms with van der Waals surface area (Å²) >= 11 is 0. The fraction of sp³-hybridized carbons (Fsp3) is 0.167. The molecule has 2 amide bonds. The topological polar surface area (TPSA) is 37.4 Å². The standard InChI is InChI=1S/C24H21NO2/c1-17(19-11-5-6-12-20(19)18-9-3-2-4-10-18)15-16-25-23(26)21-13-7-8-14-22(21)24(25)27/h2-14,17H,15-16H2,1H3. The molecular formula is C24H21NO2. The van der Waals surface area contributed by atoms with Gasteiger partial charge in [0.25, 0.3) is 11.8 Å². The Labute approximate surface area is 159 Å². The lowest BCUT2D eigenvalue weighted by Crippen LogP contribution is -2.31. The van der Waals surface area contributed by atoms with Gasteiger partial charge in [-0.1, -0.05) is 73.7 Å². The first kappa shape index (κ1) is 17.2. The molecule has 134 valence electrons. The van der Waals surface area contributed by atoms with E-state index < -0.39 is 0 Å². The predicted molar refractivity (Wildman–Crippen MR) is 107 cm³/mol. The van der Waals surface area contributed by atoms with Crippen molar-refractivity contribution >= 4 is 11.8 Å². The highest BCUT2D eigenvalue weighted by Crippen LogP contribution is 2.32. The van der Waals surface area contributed by atoms with Crippen LogP contribution in [0.5, 0.6) is 0 Å². The normalized spacial score (nSPS) is 14.3. The van der Waals surface area contributed by atoms with Crippen molar-refractivity contribution in [2.75, 3.05) is 6.54 Å². The van der Waals surface area contributed by atoms with Crippen LogP contribution in [0.2, 0.25) is 0 Å². The van der Waals surface area contributed by atoms with Crippen LogP contribution in [-0.4, -0.2) is 23.3 Å². The van der Waals surface area contributed by atoms with E-state index in [1.165, 1.54) is 21.6 Å². The first-order chi connectivity index (χ1) is 13.2. The van der Waals surface area contributed by atoms with E-state index in [4.69, 9.17) is 0 Å². The fourth-order valence-corrected chi connectivity index (χ4v) is 3.73. The van der Waals surface area contributed by atoms with Gasteiger partial charge in [-0.15, -0.1) is 0 Å². The average molecular weight is 355 g/mol. The van der Waals surface area contributed by atoms with Crippen LogP contribution in [0.4, 0.5) is 0 Å². The molecule has 0 saturated carbocycles. The zero-order valence-electron chi connectivity index (χ0n) is 15.3. The molecule has 1 unspecified atom stereocenters. The molecule has 0 N–H and O–H groups in total. The van der Waals surface area contributed by atoms with Crippen LogP contribution >= 0.6 is 0 Å². The number of rotatable bonds is 5. The van der Waals surface area contributed by atoms with Crippen LogP contribution in [-0.2, 0) is 0 Å². The Morgan fingerprint density at radius 3 is 1.85 bits per heavy atom. The van der Waals surface area contributed by atoms with Gasteiger partial charge in [0.1, 0.15) is 0 Å². The van der Waals surface area contributed by atoms with Crippen LogP contribution in [0.15, 0.2) is 78.9 Å². The molecule has 3 nitrogen and oxygen atoms in total. The second-order valence-corrected chi connectivity index (χ2v) is 6.95. The van der Waals surface area contributed by atoms with Crippen LogP contribution in [0, 0.1) is 0 Å². The number of imide groups is 1. The maximum absolute atomic E-state index is 12.5. The fourth-order valence-electron chi connectivity index (χ4n) is 3.73. The average Bonchev–Trinajstić information content (AvgIpc) is 2.97. The lowest BCUT2D eigenvalue weighted by Gasteiger charge is -2.20. The third kappa shape index (κ3) is 3.17. The smallest absolute Gasteiger partial charge is 0.261 e. The van der Waals surface area contributed by atoms with Gasteiger partial charge in [-0.25, -0.2) is 0 Å². The van der Waals surface area contributed by atoms with Gasteiger partial charge in [-0.2, -0.15) is 0 Å². The molecule has 4 rings (SSSR count). The molecule has 1 heterocycles. The number of nitrogens with zero attached hydrogens (tertiary/aromatic N) is 1. The minimum Gasteiger partial charge on any atom is -0.274 e. The summed E-state index contributed by atoms with van der Waals surface area (Å²) in [7, 11) is 0. The SMILES string of the molecule is CC(CCN1C(=O)c2ccccc2C1=O)c1ccccc1-c1ccccc1. The van der Waals surface area contributed by atoms with Crippen LogP contribution in [0.3, 0.4) is 0 Å². The quantitative estimate of drug-likeness (QED) is 0.594. The Morgan fingerprint density at radius 2 is 1.22 bits per heavy atom. The summed E-state index contributed by atoms with van der Waals surface area (Å²) in [5, 5.41) is 0. The number of fused-ring (bicyclic) bond motifs is 1. The third-order valence-electron chi connectivity index (χ3n) is 5.24. The van der Waals surface area contributed by atoms with E-state index in [-0.39, 0.29) is 17.7 Å². The molecule has 0 spiro atoms. The molecule has 1 aliphatic rings. The zero-order chi connectivity index (χ0) is 18.8. The Morgan fingerprint density at radius 1 is 0.704 bits per heavy atom. The number of hydrogen-bond donors (Lipinski definition) is 0. The number of benzene rings is 3. The van der Waals surface area contributed by atoms with Gasteiger partial charge in [0.15, 0.2) is 0 Å². The van der Waals surface area contributed by atoms with Crippen LogP contribution in [0.25, 0.3) is 11.1 Å². The third-order valence-corrected chi connectivity index (χ3v) is 5.24. The number of carbonyl (C=O) groups is 2. The van der Waals surface area contributed by atoms with E-state index in [1.807, 2.05) is 30.3 Å². The second kappa shape index (κ2) is 7.20. The molecule has 27 heavy (non-hydrogen) atoms. The summed E-state index contributed by atoms with van der Waals surface area (Å²) in [6, 6.07) is 25.7. The van der Waals surface area contributed by atoms with E-state index in [0.717, 1.165) is 6.42 Å². The number of carbonyl (C=O) groups excluding carboxylic acids is 2. The molecule has 0 fully saturated rings. The Balaban J connectivity index is 1.53. The van der Waals surface area contributed by atoms with Crippen molar-refractivity contribution in [1.82, 2.24) is 4.90 Å². The summed E-state index contributed by atoms with van der Waals surface area (Å²) in [5.41, 5.74) is 4.65. The van der Waals surface area contributed by atoms with Gasteiger partial charge in [-0.05, 0) is 41.2 Å². The Bertz CT molecular complexity index is 959. The van der Waals surface area contributed by atoms with E-state index >= 15 is 0 Å². The highest BCUT2D eigenvalue weighted by atomic mass is 16.2. The molecule has 0 aromatic heterocycles. The Hall–Kier alpha value is -3.20. The molecule has 0 bridgehead atoms. The minimum absolute atomic E-state index is 0.181. The van der Waals surface area contributed by atoms with Crippen LogP contribution < -0.4 is 0 Å². The van der Waals surface area contributed by atoms with E-state index in [0.29, 0.717) is 17.7 Å². The van der Waals surface area contributed by atoms with Gasteiger partial charge in [0.05, 0.1) is 11.1 Å². The van der Waals surface area contributed by atoms with E-state index in [9.17, 15) is 9.59 Å². The summed E-state index contributed by atoms with van der Waals surface area (Å²) in [6.07, 6.45) is 0.731. The highest BCUT2D eigenvalue weighted by Gasteiger charge is 2.34.